The van der Waals surface area contributed by atoms with Crippen LogP contribution in [-0.4, -0.2) is 92.9 Å². The van der Waals surface area contributed by atoms with Gasteiger partial charge in [0.05, 0.1) is 6.10 Å². The highest BCUT2D eigenvalue weighted by molar-refractivity contribution is 6.74. The van der Waals surface area contributed by atoms with E-state index in [1.165, 1.54) is 0 Å². The predicted molar refractivity (Wildman–Crippen MR) is 186 cm³/mol. The normalized spacial score (nSPS) is 16.4. The predicted octanol–water partition coefficient (Wildman–Crippen LogP) is 6.32. The maximum absolute atomic E-state index is 13.3. The summed E-state index contributed by atoms with van der Waals surface area (Å²) in [5.41, 5.74) is 5.28. The third kappa shape index (κ3) is 8.26. The fourth-order valence-electron chi connectivity index (χ4n) is 6.02. The van der Waals surface area contributed by atoms with Crippen molar-refractivity contribution in [3.63, 3.8) is 0 Å². The lowest BCUT2D eigenvalue weighted by Crippen LogP contribution is -2.60. The van der Waals surface area contributed by atoms with E-state index in [-0.39, 0.29) is 36.8 Å². The van der Waals surface area contributed by atoms with Crippen molar-refractivity contribution in [1.29, 1.82) is 0 Å². The van der Waals surface area contributed by atoms with Crippen LogP contribution in [0.25, 0.3) is 11.1 Å². The van der Waals surface area contributed by atoms with Gasteiger partial charge >= 0.3 is 18.2 Å². The second-order valence-corrected chi connectivity index (χ2v) is 18.8. The number of fused-ring (bicyclic) bond motifs is 3. The van der Waals surface area contributed by atoms with Crippen LogP contribution >= 0.6 is 0 Å². The number of amides is 2. The highest BCUT2D eigenvalue weighted by Crippen LogP contribution is 2.44. The summed E-state index contributed by atoms with van der Waals surface area (Å²) in [4.78, 5) is 42.5. The van der Waals surface area contributed by atoms with Gasteiger partial charge < -0.3 is 29.2 Å². The van der Waals surface area contributed by atoms with E-state index < -0.39 is 32.5 Å². The Morgan fingerprint density at radius 2 is 1.42 bits per heavy atom. The summed E-state index contributed by atoms with van der Waals surface area (Å²) in [7, 11) is -2.47. The van der Waals surface area contributed by atoms with Crippen molar-refractivity contribution in [2.45, 2.75) is 63.6 Å². The molecule has 48 heavy (non-hydrogen) atoms. The SMILES string of the molecule is CC(C)(C)[Si](C)(C)OC(CN1CCN(C(=O)OCc2ccccc2)CC1)[C@H](NC(=O)OCC1c2ccccc2-c2ccccc21)C(=O)O. The van der Waals surface area contributed by atoms with Crippen molar-refractivity contribution in [1.82, 2.24) is 15.1 Å². The Labute approximate surface area is 284 Å². The van der Waals surface area contributed by atoms with Crippen molar-refractivity contribution in [2.24, 2.45) is 0 Å². The summed E-state index contributed by atoms with van der Waals surface area (Å²) < 4.78 is 17.9. The molecule has 5 rings (SSSR count). The smallest absolute Gasteiger partial charge is 0.410 e. The molecule has 2 aliphatic rings. The second kappa shape index (κ2) is 14.9. The van der Waals surface area contributed by atoms with E-state index in [1.807, 2.05) is 66.7 Å². The molecular weight excluding hydrogens is 627 g/mol. The first kappa shape index (κ1) is 35.1. The molecule has 3 aromatic rings. The number of carbonyl (C=O) groups is 3. The number of carbonyl (C=O) groups excluding carboxylic acids is 2. The topological polar surface area (TPSA) is 118 Å². The number of carboxylic acids is 1. The zero-order chi connectivity index (χ0) is 34.5. The lowest BCUT2D eigenvalue weighted by molar-refractivity contribution is -0.142. The Hall–Kier alpha value is -4.19. The van der Waals surface area contributed by atoms with Gasteiger partial charge in [0.1, 0.15) is 13.2 Å². The van der Waals surface area contributed by atoms with Crippen LogP contribution in [0.2, 0.25) is 18.1 Å². The highest BCUT2D eigenvalue weighted by Gasteiger charge is 2.44. The first-order chi connectivity index (χ1) is 22.8. The molecule has 2 atom stereocenters. The molecule has 1 heterocycles. The van der Waals surface area contributed by atoms with Gasteiger partial charge in [0.2, 0.25) is 0 Å². The van der Waals surface area contributed by atoms with Crippen LogP contribution in [-0.2, 0) is 25.3 Å². The fourth-order valence-corrected chi connectivity index (χ4v) is 7.35. The number of piperazine rings is 1. The number of nitrogens with one attached hydrogen (secondary N) is 1. The van der Waals surface area contributed by atoms with Crippen LogP contribution in [0.1, 0.15) is 43.4 Å². The van der Waals surface area contributed by atoms with Crippen LogP contribution in [0.3, 0.4) is 0 Å². The van der Waals surface area contributed by atoms with E-state index in [1.54, 1.807) is 4.90 Å². The minimum absolute atomic E-state index is 0.0717. The van der Waals surface area contributed by atoms with Crippen molar-refractivity contribution >= 4 is 26.5 Å². The quantitative estimate of drug-likeness (QED) is 0.227. The van der Waals surface area contributed by atoms with Gasteiger partial charge in [-0.2, -0.15) is 0 Å². The minimum atomic E-state index is -2.47. The standard InChI is InChI=1S/C37H47N3O7Si/c1-37(2,3)48(4,5)47-32(23-39-19-21-40(22-20-39)36(44)46-24-26-13-7-6-8-14-26)33(34(41)42)38-35(43)45-25-31-29-17-11-9-15-27(29)28-16-10-12-18-30(28)31/h6-18,31-33H,19-25H2,1-5H3,(H,38,43)(H,41,42)/t32?,33-/m0/s1. The Morgan fingerprint density at radius 3 is 1.98 bits per heavy atom. The Balaban J connectivity index is 1.23. The average molecular weight is 674 g/mol. The molecule has 11 heteroatoms. The van der Waals surface area contributed by atoms with Crippen LogP contribution in [0.4, 0.5) is 9.59 Å². The van der Waals surface area contributed by atoms with Gasteiger partial charge in [0, 0.05) is 38.6 Å². The number of rotatable bonds is 11. The summed E-state index contributed by atoms with van der Waals surface area (Å²) in [6.07, 6.45) is -2.03. The monoisotopic (exact) mass is 673 g/mol. The van der Waals surface area contributed by atoms with Crippen LogP contribution < -0.4 is 5.32 Å². The van der Waals surface area contributed by atoms with Crippen LogP contribution in [0.5, 0.6) is 0 Å². The molecule has 2 N–H and O–H groups in total. The summed E-state index contributed by atoms with van der Waals surface area (Å²) >= 11 is 0. The average Bonchev–Trinajstić information content (AvgIpc) is 3.38. The molecule has 256 valence electrons. The van der Waals surface area contributed by atoms with E-state index in [0.29, 0.717) is 26.2 Å². The third-order valence-corrected chi connectivity index (χ3v) is 14.3. The third-order valence-electron chi connectivity index (χ3n) is 9.78. The molecule has 0 radical (unpaired) electrons. The Bertz CT molecular complexity index is 1540. The van der Waals surface area contributed by atoms with Gasteiger partial charge in [-0.05, 0) is 45.9 Å². The lowest BCUT2D eigenvalue weighted by atomic mass is 9.98. The summed E-state index contributed by atoms with van der Waals surface area (Å²) in [5, 5.41) is 12.8. The molecule has 0 bridgehead atoms. The maximum Gasteiger partial charge on any atom is 0.410 e. The molecule has 0 aromatic heterocycles. The number of ether oxygens (including phenoxy) is 2. The molecule has 1 unspecified atom stereocenters. The molecule has 3 aromatic carbocycles. The van der Waals surface area contributed by atoms with Gasteiger partial charge in [0.25, 0.3) is 0 Å². The van der Waals surface area contributed by atoms with Gasteiger partial charge in [0.15, 0.2) is 14.4 Å². The van der Waals surface area contributed by atoms with E-state index in [2.05, 4.69) is 56.2 Å². The summed E-state index contributed by atoms with van der Waals surface area (Å²) in [6.45, 7) is 12.8. The van der Waals surface area contributed by atoms with Gasteiger partial charge in [-0.25, -0.2) is 14.4 Å². The molecule has 0 spiro atoms. The van der Waals surface area contributed by atoms with Gasteiger partial charge in [-0.3, -0.25) is 4.90 Å². The maximum atomic E-state index is 13.3. The molecular formula is C37H47N3O7Si. The molecule has 1 fully saturated rings. The minimum Gasteiger partial charge on any atom is -0.480 e. The number of nitrogens with zero attached hydrogens (tertiary/aromatic N) is 2. The number of carboxylic acid groups (broad SMARTS) is 1. The van der Waals surface area contributed by atoms with E-state index in [9.17, 15) is 19.5 Å². The summed E-state index contributed by atoms with van der Waals surface area (Å²) in [6, 6.07) is 24.3. The van der Waals surface area contributed by atoms with Crippen molar-refractivity contribution < 1.29 is 33.4 Å². The van der Waals surface area contributed by atoms with E-state index >= 15 is 0 Å². The highest BCUT2D eigenvalue weighted by atomic mass is 28.4. The number of benzene rings is 3. The molecule has 0 saturated carbocycles. The Morgan fingerprint density at radius 1 is 0.854 bits per heavy atom. The first-order valence-corrected chi connectivity index (χ1v) is 19.4. The van der Waals surface area contributed by atoms with Gasteiger partial charge in [-0.1, -0.05) is 99.6 Å². The zero-order valence-corrected chi connectivity index (χ0v) is 29.5. The van der Waals surface area contributed by atoms with Gasteiger partial charge in [-0.15, -0.1) is 0 Å². The molecule has 1 aliphatic heterocycles. The van der Waals surface area contributed by atoms with Crippen molar-refractivity contribution in [2.75, 3.05) is 39.3 Å². The van der Waals surface area contributed by atoms with Crippen molar-refractivity contribution in [3.05, 3.63) is 95.6 Å². The molecule has 1 saturated heterocycles. The zero-order valence-electron chi connectivity index (χ0n) is 28.5. The number of alkyl carbamates (subject to hydrolysis) is 1. The lowest BCUT2D eigenvalue weighted by Gasteiger charge is -2.43. The molecule has 1 aliphatic carbocycles. The Kier molecular flexibility index (Phi) is 10.9. The summed E-state index contributed by atoms with van der Waals surface area (Å²) in [5.74, 6) is -1.35. The molecule has 2 amide bonds. The molecule has 10 nitrogen and oxygen atoms in total. The van der Waals surface area contributed by atoms with E-state index in [4.69, 9.17) is 13.9 Å². The van der Waals surface area contributed by atoms with Crippen LogP contribution in [0, 0.1) is 0 Å². The number of hydrogen-bond donors (Lipinski definition) is 2. The number of aliphatic carboxylic acids is 1. The van der Waals surface area contributed by atoms with E-state index in [0.717, 1.165) is 27.8 Å². The van der Waals surface area contributed by atoms with Crippen molar-refractivity contribution in [3.8, 4) is 11.1 Å². The second-order valence-electron chi connectivity index (χ2n) is 14.0. The largest absolute Gasteiger partial charge is 0.480 e. The number of hydrogen-bond acceptors (Lipinski definition) is 7. The fraction of sp³-hybridized carbons (Fsp3) is 0.432. The van der Waals surface area contributed by atoms with Crippen LogP contribution in [0.15, 0.2) is 78.9 Å². The first-order valence-electron chi connectivity index (χ1n) is 16.5.